The van der Waals surface area contributed by atoms with Crippen LogP contribution in [-0.4, -0.2) is 22.1 Å². The third kappa shape index (κ3) is 7.54. The van der Waals surface area contributed by atoms with Crippen molar-refractivity contribution in [2.45, 2.75) is 72.3 Å². The van der Waals surface area contributed by atoms with Gasteiger partial charge in [-0.25, -0.2) is 10.6 Å². The molecule has 148 valence electrons. The molecule has 26 heavy (non-hydrogen) atoms. The highest BCUT2D eigenvalue weighted by Gasteiger charge is 2.41. The van der Waals surface area contributed by atoms with E-state index in [0.29, 0.717) is 12.0 Å². The van der Waals surface area contributed by atoms with Gasteiger partial charge in [0.25, 0.3) is 0 Å². The summed E-state index contributed by atoms with van der Waals surface area (Å²) in [5.41, 5.74) is 1.22. The summed E-state index contributed by atoms with van der Waals surface area (Å²) in [5, 5.41) is 20.2. The Morgan fingerprint density at radius 3 is 1.88 bits per heavy atom. The second kappa shape index (κ2) is 9.14. The molecule has 5 N–H and O–H groups in total. The van der Waals surface area contributed by atoms with Crippen LogP contribution in [-0.2, 0) is 20.6 Å². The van der Waals surface area contributed by atoms with Crippen molar-refractivity contribution < 1.29 is 19.8 Å². The molecule has 1 unspecified atom stereocenters. The summed E-state index contributed by atoms with van der Waals surface area (Å²) in [6.07, 6.45) is 0.624. The Bertz CT molecular complexity index is 609. The number of nitrogens with one attached hydrogen (secondary N) is 1. The van der Waals surface area contributed by atoms with Crippen LogP contribution < -0.4 is 11.3 Å². The standard InChI is InChI=1S/C17H26O3.C3H8N2O/c1-15(2,3)11-17(20,14(18)19)13-9-7-8-12(10-13)16(4,5)6;1-2-3(6)5-4/h7-10,20H,11H2,1-6H3,(H,18,19);2,4H2,1H3,(H,5,6). The lowest BCUT2D eigenvalue weighted by Crippen LogP contribution is -2.39. The maximum atomic E-state index is 11.6. The zero-order chi connectivity index (χ0) is 20.8. The monoisotopic (exact) mass is 366 g/mol. The van der Waals surface area contributed by atoms with Gasteiger partial charge in [-0.3, -0.25) is 10.2 Å². The fraction of sp³-hybridized carbons (Fsp3) is 0.600. The second-order valence-corrected chi connectivity index (χ2v) is 8.65. The number of rotatable bonds is 4. The summed E-state index contributed by atoms with van der Waals surface area (Å²) in [6.45, 7) is 13.7. The van der Waals surface area contributed by atoms with E-state index in [4.69, 9.17) is 0 Å². The van der Waals surface area contributed by atoms with E-state index in [9.17, 15) is 19.8 Å². The molecule has 0 aliphatic rings. The number of aliphatic hydroxyl groups is 1. The van der Waals surface area contributed by atoms with Crippen molar-refractivity contribution in [1.82, 2.24) is 5.43 Å². The van der Waals surface area contributed by atoms with E-state index in [2.05, 4.69) is 26.6 Å². The Morgan fingerprint density at radius 1 is 1.08 bits per heavy atom. The largest absolute Gasteiger partial charge is 0.479 e. The molecule has 1 aromatic rings. The maximum absolute atomic E-state index is 11.6. The van der Waals surface area contributed by atoms with Crippen LogP contribution in [0.5, 0.6) is 0 Å². The minimum atomic E-state index is -1.85. The number of benzene rings is 1. The quantitative estimate of drug-likeness (QED) is 0.372. The number of hydrogen-bond acceptors (Lipinski definition) is 4. The maximum Gasteiger partial charge on any atom is 0.340 e. The molecule has 0 aliphatic heterocycles. The SMILES string of the molecule is CC(C)(C)CC(O)(C(=O)O)c1cccc(C(C)(C)C)c1.CCC(=O)NN. The minimum absolute atomic E-state index is 0.0862. The van der Waals surface area contributed by atoms with Crippen molar-refractivity contribution in [2.75, 3.05) is 0 Å². The molecule has 0 saturated carbocycles. The van der Waals surface area contributed by atoms with E-state index in [1.165, 1.54) is 0 Å². The van der Waals surface area contributed by atoms with E-state index < -0.39 is 11.6 Å². The minimum Gasteiger partial charge on any atom is -0.479 e. The Kier molecular flexibility index (Phi) is 8.47. The molecule has 0 spiro atoms. The molecule has 0 aromatic heterocycles. The van der Waals surface area contributed by atoms with Crippen LogP contribution in [0.2, 0.25) is 0 Å². The van der Waals surface area contributed by atoms with Crippen molar-refractivity contribution in [1.29, 1.82) is 0 Å². The third-order valence-electron chi connectivity index (χ3n) is 3.83. The molecule has 6 nitrogen and oxygen atoms in total. The lowest BCUT2D eigenvalue weighted by atomic mass is 9.76. The van der Waals surface area contributed by atoms with Gasteiger partial charge in [0.15, 0.2) is 5.60 Å². The molecule has 1 rings (SSSR count). The van der Waals surface area contributed by atoms with Crippen molar-refractivity contribution >= 4 is 11.9 Å². The lowest BCUT2D eigenvalue weighted by Gasteiger charge is -2.32. The average molecular weight is 367 g/mol. The first kappa shape index (κ1) is 24.1. The van der Waals surface area contributed by atoms with Crippen LogP contribution in [0.25, 0.3) is 0 Å². The highest BCUT2D eigenvalue weighted by atomic mass is 16.4. The van der Waals surface area contributed by atoms with Crippen LogP contribution in [0.4, 0.5) is 0 Å². The van der Waals surface area contributed by atoms with Crippen molar-refractivity contribution in [3.05, 3.63) is 35.4 Å². The van der Waals surface area contributed by atoms with Crippen molar-refractivity contribution in [3.63, 3.8) is 0 Å². The topological polar surface area (TPSA) is 113 Å². The normalized spacial score (nSPS) is 13.9. The number of carbonyl (C=O) groups is 2. The Morgan fingerprint density at radius 2 is 1.58 bits per heavy atom. The van der Waals surface area contributed by atoms with Gasteiger partial charge in [-0.05, 0) is 28.4 Å². The van der Waals surface area contributed by atoms with E-state index >= 15 is 0 Å². The third-order valence-corrected chi connectivity index (χ3v) is 3.83. The van der Waals surface area contributed by atoms with Crippen LogP contribution in [0.1, 0.15) is 72.4 Å². The van der Waals surface area contributed by atoms with Gasteiger partial charge < -0.3 is 10.2 Å². The van der Waals surface area contributed by atoms with Gasteiger partial charge in [-0.15, -0.1) is 0 Å². The van der Waals surface area contributed by atoms with E-state index in [0.717, 1.165) is 5.56 Å². The molecular formula is C20H34N2O4. The van der Waals surface area contributed by atoms with E-state index in [1.807, 2.05) is 38.3 Å². The summed E-state index contributed by atoms with van der Waals surface area (Å²) >= 11 is 0. The second-order valence-electron chi connectivity index (χ2n) is 8.65. The molecule has 6 heteroatoms. The first-order valence-electron chi connectivity index (χ1n) is 8.73. The van der Waals surface area contributed by atoms with Gasteiger partial charge >= 0.3 is 5.97 Å². The zero-order valence-electron chi connectivity index (χ0n) is 17.0. The lowest BCUT2D eigenvalue weighted by molar-refractivity contribution is -0.163. The highest BCUT2D eigenvalue weighted by molar-refractivity contribution is 5.79. The number of nitrogens with two attached hydrogens (primary N) is 1. The van der Waals surface area contributed by atoms with Crippen LogP contribution >= 0.6 is 0 Å². The molecule has 1 amide bonds. The van der Waals surface area contributed by atoms with E-state index in [1.54, 1.807) is 19.1 Å². The average Bonchev–Trinajstić information content (AvgIpc) is 2.52. The number of carboxylic acid groups (broad SMARTS) is 1. The van der Waals surface area contributed by atoms with Gasteiger partial charge in [-0.2, -0.15) is 0 Å². The van der Waals surface area contributed by atoms with Gasteiger partial charge in [0.1, 0.15) is 0 Å². The van der Waals surface area contributed by atoms with Crippen molar-refractivity contribution in [2.24, 2.45) is 11.3 Å². The fourth-order valence-corrected chi connectivity index (χ4v) is 2.41. The Hall–Kier alpha value is -1.92. The zero-order valence-corrected chi connectivity index (χ0v) is 17.0. The van der Waals surface area contributed by atoms with Crippen LogP contribution in [0, 0.1) is 5.41 Å². The number of aliphatic carboxylic acids is 1. The predicted octanol–water partition coefficient (Wildman–Crippen LogP) is 3.08. The molecule has 0 radical (unpaired) electrons. The smallest absolute Gasteiger partial charge is 0.340 e. The number of hydrogen-bond donors (Lipinski definition) is 4. The number of carboxylic acids is 1. The molecule has 0 aliphatic carbocycles. The van der Waals surface area contributed by atoms with E-state index in [-0.39, 0.29) is 23.2 Å². The van der Waals surface area contributed by atoms with Crippen LogP contribution in [0.3, 0.4) is 0 Å². The number of amides is 1. The highest BCUT2D eigenvalue weighted by Crippen LogP contribution is 2.36. The first-order chi connectivity index (χ1) is 11.7. The first-order valence-corrected chi connectivity index (χ1v) is 8.73. The van der Waals surface area contributed by atoms with Gasteiger partial charge in [0.05, 0.1) is 0 Å². The number of carbonyl (C=O) groups excluding carboxylic acids is 1. The fourth-order valence-electron chi connectivity index (χ4n) is 2.41. The molecule has 0 saturated heterocycles. The predicted molar refractivity (Wildman–Crippen MR) is 103 cm³/mol. The molecule has 0 fully saturated rings. The molecule has 0 heterocycles. The van der Waals surface area contributed by atoms with Gasteiger partial charge in [-0.1, -0.05) is 72.7 Å². The summed E-state index contributed by atoms with van der Waals surface area (Å²) in [7, 11) is 0. The molecule has 0 bridgehead atoms. The molecule has 1 atom stereocenters. The Labute approximate surface area is 156 Å². The summed E-state index contributed by atoms with van der Waals surface area (Å²) in [5.74, 6) is 3.36. The Balaban J connectivity index is 0.000000896. The number of hydrazine groups is 1. The molecular weight excluding hydrogens is 332 g/mol. The van der Waals surface area contributed by atoms with Gasteiger partial charge in [0, 0.05) is 6.42 Å². The van der Waals surface area contributed by atoms with Crippen molar-refractivity contribution in [3.8, 4) is 0 Å². The summed E-state index contributed by atoms with van der Waals surface area (Å²) in [6, 6.07) is 7.27. The summed E-state index contributed by atoms with van der Waals surface area (Å²) in [4.78, 5) is 21.6. The van der Waals surface area contributed by atoms with Crippen LogP contribution in [0.15, 0.2) is 24.3 Å². The summed E-state index contributed by atoms with van der Waals surface area (Å²) < 4.78 is 0. The molecule has 1 aromatic carbocycles. The van der Waals surface area contributed by atoms with Gasteiger partial charge in [0.2, 0.25) is 5.91 Å².